The topological polar surface area (TPSA) is 59.4 Å². The molecule has 2 aromatic carbocycles. The first-order valence-corrected chi connectivity index (χ1v) is 10.4. The van der Waals surface area contributed by atoms with Crippen molar-refractivity contribution in [3.05, 3.63) is 94.3 Å². The SMILES string of the molecule is O=C(O)c1cccc(C2=C(c3cc(Cl)ccc3OCc3ccccc3)CCCC2)n1.[H-].[Na+]. The van der Waals surface area contributed by atoms with E-state index in [-0.39, 0.29) is 36.7 Å². The minimum absolute atomic E-state index is 0. The summed E-state index contributed by atoms with van der Waals surface area (Å²) in [7, 11) is 0. The number of ether oxygens (including phenoxy) is 1. The van der Waals surface area contributed by atoms with Crippen molar-refractivity contribution in [1.29, 1.82) is 0 Å². The molecule has 6 heteroatoms. The summed E-state index contributed by atoms with van der Waals surface area (Å²) < 4.78 is 6.17. The second kappa shape index (κ2) is 11.0. The molecule has 1 aliphatic rings. The molecule has 1 N–H and O–H groups in total. The number of carboxylic acid groups (broad SMARTS) is 1. The number of carbonyl (C=O) groups is 1. The smallest absolute Gasteiger partial charge is 1.00 e. The molecule has 0 spiro atoms. The second-order valence-electron chi connectivity index (χ2n) is 7.29. The summed E-state index contributed by atoms with van der Waals surface area (Å²) in [5.41, 5.74) is 5.00. The van der Waals surface area contributed by atoms with Crippen molar-refractivity contribution in [3.8, 4) is 5.75 Å². The van der Waals surface area contributed by atoms with Gasteiger partial charge < -0.3 is 11.3 Å². The molecule has 1 aliphatic carbocycles. The molecular weight excluding hydrogens is 421 g/mol. The van der Waals surface area contributed by atoms with Gasteiger partial charge in [-0.3, -0.25) is 0 Å². The van der Waals surface area contributed by atoms with Crippen LogP contribution in [0.3, 0.4) is 0 Å². The third-order valence-electron chi connectivity index (χ3n) is 5.25. The molecule has 31 heavy (non-hydrogen) atoms. The van der Waals surface area contributed by atoms with Crippen molar-refractivity contribution in [2.24, 2.45) is 0 Å². The van der Waals surface area contributed by atoms with Crippen LogP contribution < -0.4 is 34.3 Å². The Bertz CT molecular complexity index is 1110. The third kappa shape index (κ3) is 5.78. The van der Waals surface area contributed by atoms with E-state index in [1.165, 1.54) is 6.07 Å². The quantitative estimate of drug-likeness (QED) is 0.591. The van der Waals surface area contributed by atoms with Crippen LogP contribution >= 0.6 is 11.6 Å². The molecule has 0 bridgehead atoms. The van der Waals surface area contributed by atoms with Crippen LogP contribution in [0, 0.1) is 0 Å². The van der Waals surface area contributed by atoms with Gasteiger partial charge in [-0.05, 0) is 72.7 Å². The number of carboxylic acids is 1. The maximum Gasteiger partial charge on any atom is 1.00 e. The van der Waals surface area contributed by atoms with Gasteiger partial charge in [-0.1, -0.05) is 48.0 Å². The van der Waals surface area contributed by atoms with Crippen molar-refractivity contribution < 1.29 is 45.6 Å². The molecule has 4 rings (SSSR count). The van der Waals surface area contributed by atoms with Gasteiger partial charge in [-0.2, -0.15) is 0 Å². The molecule has 0 aliphatic heterocycles. The molecule has 154 valence electrons. The molecule has 0 atom stereocenters. The van der Waals surface area contributed by atoms with E-state index in [0.717, 1.165) is 53.7 Å². The fourth-order valence-corrected chi connectivity index (χ4v) is 3.98. The van der Waals surface area contributed by atoms with Crippen LogP contribution in [0.5, 0.6) is 5.75 Å². The van der Waals surface area contributed by atoms with Gasteiger partial charge in [0.15, 0.2) is 0 Å². The Morgan fingerprint density at radius 1 is 1.00 bits per heavy atom. The first-order valence-electron chi connectivity index (χ1n) is 10.0. The van der Waals surface area contributed by atoms with Crippen molar-refractivity contribution in [2.45, 2.75) is 32.3 Å². The van der Waals surface area contributed by atoms with E-state index < -0.39 is 5.97 Å². The van der Waals surface area contributed by atoms with Crippen LogP contribution in [0.1, 0.15) is 54.4 Å². The Hall–Kier alpha value is -2.11. The van der Waals surface area contributed by atoms with Gasteiger partial charge in [0.05, 0.1) is 5.69 Å². The van der Waals surface area contributed by atoms with Crippen LogP contribution in [0.4, 0.5) is 0 Å². The average Bonchev–Trinajstić information content (AvgIpc) is 2.79. The van der Waals surface area contributed by atoms with Crippen molar-refractivity contribution in [3.63, 3.8) is 0 Å². The third-order valence-corrected chi connectivity index (χ3v) is 5.48. The summed E-state index contributed by atoms with van der Waals surface area (Å²) in [5.74, 6) is -0.253. The largest absolute Gasteiger partial charge is 1.00 e. The van der Waals surface area contributed by atoms with Gasteiger partial charge in [0.25, 0.3) is 0 Å². The van der Waals surface area contributed by atoms with E-state index in [1.54, 1.807) is 6.07 Å². The first kappa shape index (κ1) is 23.6. The Labute approximate surface area is 210 Å². The van der Waals surface area contributed by atoms with E-state index in [4.69, 9.17) is 16.3 Å². The number of allylic oxidation sites excluding steroid dienone is 2. The second-order valence-corrected chi connectivity index (χ2v) is 7.73. The molecule has 0 saturated carbocycles. The zero-order valence-corrected chi connectivity index (χ0v) is 20.2. The zero-order chi connectivity index (χ0) is 20.9. The standard InChI is InChI=1S/C25H22ClNO3.Na.H/c26-18-13-14-24(30-16-17-7-2-1-3-8-17)21(15-18)19-9-4-5-10-20(19)22-11-6-12-23(27-22)25(28)29;;/h1-3,6-8,11-15H,4-5,9-10,16H2,(H,28,29);;/q;+1;-1. The van der Waals surface area contributed by atoms with E-state index in [2.05, 4.69) is 4.98 Å². The van der Waals surface area contributed by atoms with Gasteiger partial charge in [0.2, 0.25) is 0 Å². The van der Waals surface area contributed by atoms with E-state index in [0.29, 0.717) is 17.3 Å². The predicted molar refractivity (Wildman–Crippen MR) is 120 cm³/mol. The minimum atomic E-state index is -1.02. The summed E-state index contributed by atoms with van der Waals surface area (Å²) in [6.07, 6.45) is 3.81. The molecular formula is C25H23ClNNaO3. The monoisotopic (exact) mass is 443 g/mol. The average molecular weight is 444 g/mol. The Balaban J connectivity index is 0.00000181. The molecule has 4 nitrogen and oxygen atoms in total. The molecule has 0 radical (unpaired) electrons. The number of hydrogen-bond acceptors (Lipinski definition) is 3. The van der Waals surface area contributed by atoms with Gasteiger partial charge in [-0.15, -0.1) is 0 Å². The summed E-state index contributed by atoms with van der Waals surface area (Å²) in [4.78, 5) is 15.8. The van der Waals surface area contributed by atoms with E-state index >= 15 is 0 Å². The fourth-order valence-electron chi connectivity index (χ4n) is 3.81. The first-order chi connectivity index (χ1) is 14.6. The minimum Gasteiger partial charge on any atom is -1.00 e. The van der Waals surface area contributed by atoms with Crippen molar-refractivity contribution in [1.82, 2.24) is 4.98 Å². The van der Waals surface area contributed by atoms with Crippen LogP contribution in [0.2, 0.25) is 5.02 Å². The fraction of sp³-hybridized carbons (Fsp3) is 0.200. The Morgan fingerprint density at radius 2 is 1.74 bits per heavy atom. The maximum atomic E-state index is 11.4. The molecule has 0 fully saturated rings. The summed E-state index contributed by atoms with van der Waals surface area (Å²) >= 11 is 6.34. The Kier molecular flexibility index (Phi) is 8.33. The van der Waals surface area contributed by atoms with Crippen LogP contribution in [-0.4, -0.2) is 16.1 Å². The number of aromatic carboxylic acids is 1. The molecule has 0 unspecified atom stereocenters. The van der Waals surface area contributed by atoms with Gasteiger partial charge in [0.1, 0.15) is 18.1 Å². The number of benzene rings is 2. The zero-order valence-electron chi connectivity index (χ0n) is 18.5. The number of aromatic nitrogens is 1. The van der Waals surface area contributed by atoms with Gasteiger partial charge in [-0.25, -0.2) is 9.78 Å². The molecule has 1 aromatic heterocycles. The van der Waals surface area contributed by atoms with Gasteiger partial charge in [0, 0.05) is 10.6 Å². The molecule has 0 saturated heterocycles. The van der Waals surface area contributed by atoms with Gasteiger partial charge >= 0.3 is 35.5 Å². The summed E-state index contributed by atoms with van der Waals surface area (Å²) in [5, 5.41) is 9.97. The predicted octanol–water partition coefficient (Wildman–Crippen LogP) is 3.61. The number of nitrogens with zero attached hydrogens (tertiary/aromatic N) is 1. The summed E-state index contributed by atoms with van der Waals surface area (Å²) in [6, 6.07) is 20.8. The van der Waals surface area contributed by atoms with Crippen LogP contribution in [0.25, 0.3) is 11.1 Å². The molecule has 0 amide bonds. The van der Waals surface area contributed by atoms with Crippen molar-refractivity contribution >= 4 is 28.7 Å². The number of hydrogen-bond donors (Lipinski definition) is 1. The van der Waals surface area contributed by atoms with Crippen LogP contribution in [0.15, 0.2) is 66.7 Å². The number of rotatable bonds is 6. The normalized spacial score (nSPS) is 13.5. The summed E-state index contributed by atoms with van der Waals surface area (Å²) in [6.45, 7) is 0.463. The van der Waals surface area contributed by atoms with E-state index in [1.807, 2.05) is 54.6 Å². The Morgan fingerprint density at radius 3 is 2.48 bits per heavy atom. The van der Waals surface area contributed by atoms with Crippen LogP contribution in [-0.2, 0) is 6.61 Å². The number of pyridine rings is 1. The number of halogens is 1. The molecule has 3 aromatic rings. The maximum absolute atomic E-state index is 11.4. The molecule has 1 heterocycles. The van der Waals surface area contributed by atoms with Crippen molar-refractivity contribution in [2.75, 3.05) is 0 Å². The van der Waals surface area contributed by atoms with E-state index in [9.17, 15) is 9.90 Å².